The molecule has 0 bridgehead atoms. The zero-order valence-electron chi connectivity index (χ0n) is 12.5. The smallest absolute Gasteiger partial charge is 0.0525 e. The molecule has 0 saturated heterocycles. The van der Waals surface area contributed by atoms with Gasteiger partial charge < -0.3 is 10.2 Å². The van der Waals surface area contributed by atoms with E-state index in [4.69, 9.17) is 0 Å². The number of rotatable bonds is 4. The lowest BCUT2D eigenvalue weighted by molar-refractivity contribution is 0.632. The summed E-state index contributed by atoms with van der Waals surface area (Å²) in [7, 11) is 0. The lowest BCUT2D eigenvalue weighted by atomic mass is 10.0. The molecule has 0 amide bonds. The fraction of sp³-hybridized carbons (Fsp3) is 0.412. The first-order chi connectivity index (χ1) is 10.2. The molecule has 2 nitrogen and oxygen atoms in total. The van der Waals surface area contributed by atoms with E-state index in [9.17, 15) is 0 Å². The van der Waals surface area contributed by atoms with Crippen LogP contribution in [0.15, 0.2) is 34.1 Å². The standard InChI is InChI=1S/C17H21BrN2S/c1-3-19-11-13-4-5-14(10-16(13)18)20-8-6-17-15(12(20)2)7-9-21-17/h4-5,7,9-10,12,19H,3,6,8,11H2,1-2H3. The van der Waals surface area contributed by atoms with Crippen LogP contribution in [0.3, 0.4) is 0 Å². The van der Waals surface area contributed by atoms with Crippen molar-refractivity contribution >= 4 is 33.0 Å². The van der Waals surface area contributed by atoms with Crippen molar-refractivity contribution in [3.63, 3.8) is 0 Å². The Hall–Kier alpha value is -0.840. The summed E-state index contributed by atoms with van der Waals surface area (Å²) in [6.45, 7) is 7.47. The highest BCUT2D eigenvalue weighted by atomic mass is 79.9. The Morgan fingerprint density at radius 2 is 2.24 bits per heavy atom. The number of benzene rings is 1. The summed E-state index contributed by atoms with van der Waals surface area (Å²) in [5.41, 5.74) is 4.13. The van der Waals surface area contributed by atoms with Gasteiger partial charge in [0.25, 0.3) is 0 Å². The number of anilines is 1. The molecule has 2 heterocycles. The molecule has 0 radical (unpaired) electrons. The maximum atomic E-state index is 3.72. The third-order valence-electron chi connectivity index (χ3n) is 4.21. The van der Waals surface area contributed by atoms with Crippen molar-refractivity contribution in [3.05, 3.63) is 50.1 Å². The SMILES string of the molecule is CCNCc1ccc(N2CCc3sccc3C2C)cc1Br. The van der Waals surface area contributed by atoms with E-state index in [1.807, 2.05) is 11.3 Å². The van der Waals surface area contributed by atoms with Crippen molar-refractivity contribution in [2.24, 2.45) is 0 Å². The Kier molecular flexibility index (Phi) is 4.67. The molecule has 0 fully saturated rings. The molecule has 1 atom stereocenters. The zero-order chi connectivity index (χ0) is 14.8. The van der Waals surface area contributed by atoms with Crippen LogP contribution >= 0.6 is 27.3 Å². The van der Waals surface area contributed by atoms with Crippen molar-refractivity contribution in [3.8, 4) is 0 Å². The molecule has 1 N–H and O–H groups in total. The predicted molar refractivity (Wildman–Crippen MR) is 95.3 cm³/mol. The number of nitrogens with zero attached hydrogens (tertiary/aromatic N) is 1. The Labute approximate surface area is 139 Å². The summed E-state index contributed by atoms with van der Waals surface area (Å²) in [4.78, 5) is 4.07. The van der Waals surface area contributed by atoms with Gasteiger partial charge in [-0.3, -0.25) is 0 Å². The fourth-order valence-corrected chi connectivity index (χ4v) is 4.45. The molecule has 112 valence electrons. The molecule has 1 aromatic heterocycles. The lowest BCUT2D eigenvalue weighted by Crippen LogP contribution is -2.33. The van der Waals surface area contributed by atoms with E-state index in [1.165, 1.54) is 21.3 Å². The number of halogens is 1. The second-order valence-corrected chi connectivity index (χ2v) is 7.33. The highest BCUT2D eigenvalue weighted by molar-refractivity contribution is 9.10. The molecular formula is C17H21BrN2S. The third kappa shape index (κ3) is 3.03. The molecule has 21 heavy (non-hydrogen) atoms. The molecule has 4 heteroatoms. The Morgan fingerprint density at radius 1 is 1.38 bits per heavy atom. The zero-order valence-corrected chi connectivity index (χ0v) is 14.9. The van der Waals surface area contributed by atoms with Crippen molar-refractivity contribution in [1.29, 1.82) is 0 Å². The van der Waals surface area contributed by atoms with E-state index in [2.05, 4.69) is 69.6 Å². The van der Waals surface area contributed by atoms with E-state index in [1.54, 1.807) is 4.88 Å². The van der Waals surface area contributed by atoms with E-state index in [0.717, 1.165) is 26.1 Å². The first-order valence-corrected chi connectivity index (χ1v) is 9.20. The van der Waals surface area contributed by atoms with Gasteiger partial charge in [-0.1, -0.05) is 28.9 Å². The van der Waals surface area contributed by atoms with Gasteiger partial charge >= 0.3 is 0 Å². The number of fused-ring (bicyclic) bond motifs is 1. The maximum Gasteiger partial charge on any atom is 0.0525 e. The van der Waals surface area contributed by atoms with Crippen LogP contribution in [0.1, 0.15) is 35.9 Å². The minimum absolute atomic E-state index is 0.464. The normalized spacial score (nSPS) is 17.9. The Morgan fingerprint density at radius 3 is 3.00 bits per heavy atom. The molecule has 1 unspecified atom stereocenters. The monoisotopic (exact) mass is 364 g/mol. The summed E-state index contributed by atoms with van der Waals surface area (Å²) >= 11 is 5.62. The van der Waals surface area contributed by atoms with Crippen LogP contribution in [0.4, 0.5) is 5.69 Å². The first kappa shape index (κ1) is 15.1. The Bertz CT molecular complexity index is 623. The predicted octanol–water partition coefficient (Wildman–Crippen LogP) is 4.74. The van der Waals surface area contributed by atoms with E-state index < -0.39 is 0 Å². The van der Waals surface area contributed by atoms with Crippen molar-refractivity contribution in [2.75, 3.05) is 18.0 Å². The van der Waals surface area contributed by atoms with Gasteiger partial charge in [-0.25, -0.2) is 0 Å². The van der Waals surface area contributed by atoms with Crippen LogP contribution in [0.2, 0.25) is 0 Å². The maximum absolute atomic E-state index is 3.72. The van der Waals surface area contributed by atoms with Gasteiger partial charge in [0, 0.05) is 28.1 Å². The summed E-state index contributed by atoms with van der Waals surface area (Å²) in [5.74, 6) is 0. The number of nitrogens with one attached hydrogen (secondary N) is 1. The van der Waals surface area contributed by atoms with Crippen molar-refractivity contribution < 1.29 is 0 Å². The van der Waals surface area contributed by atoms with Gasteiger partial charge in [0.15, 0.2) is 0 Å². The van der Waals surface area contributed by atoms with Gasteiger partial charge in [-0.15, -0.1) is 11.3 Å². The fourth-order valence-electron chi connectivity index (χ4n) is 2.98. The average Bonchev–Trinajstić information content (AvgIpc) is 2.96. The number of hydrogen-bond acceptors (Lipinski definition) is 3. The summed E-state index contributed by atoms with van der Waals surface area (Å²) in [6, 6.07) is 9.50. The molecule has 2 aromatic rings. The molecule has 1 aromatic carbocycles. The second-order valence-electron chi connectivity index (χ2n) is 5.47. The topological polar surface area (TPSA) is 15.3 Å². The lowest BCUT2D eigenvalue weighted by Gasteiger charge is -2.35. The molecule has 1 aliphatic rings. The van der Waals surface area contributed by atoms with Gasteiger partial charge in [-0.05, 0) is 54.6 Å². The highest BCUT2D eigenvalue weighted by Gasteiger charge is 2.25. The van der Waals surface area contributed by atoms with Gasteiger partial charge in [-0.2, -0.15) is 0 Å². The van der Waals surface area contributed by atoms with E-state index in [-0.39, 0.29) is 0 Å². The quantitative estimate of drug-likeness (QED) is 0.842. The average molecular weight is 365 g/mol. The third-order valence-corrected chi connectivity index (χ3v) is 5.95. The van der Waals surface area contributed by atoms with Crippen LogP contribution in [0.25, 0.3) is 0 Å². The Balaban J connectivity index is 1.83. The summed E-state index contributed by atoms with van der Waals surface area (Å²) in [5, 5.41) is 5.60. The van der Waals surface area contributed by atoms with Crippen LogP contribution in [0.5, 0.6) is 0 Å². The number of thiophene rings is 1. The van der Waals surface area contributed by atoms with Crippen LogP contribution in [0, 0.1) is 0 Å². The van der Waals surface area contributed by atoms with Crippen molar-refractivity contribution in [2.45, 2.75) is 32.9 Å². The van der Waals surface area contributed by atoms with E-state index >= 15 is 0 Å². The molecular weight excluding hydrogens is 344 g/mol. The molecule has 1 aliphatic heterocycles. The highest BCUT2D eigenvalue weighted by Crippen LogP contribution is 2.37. The molecule has 0 saturated carbocycles. The van der Waals surface area contributed by atoms with Crippen LogP contribution in [-0.4, -0.2) is 13.1 Å². The van der Waals surface area contributed by atoms with Gasteiger partial charge in [0.05, 0.1) is 6.04 Å². The number of hydrogen-bond donors (Lipinski definition) is 1. The van der Waals surface area contributed by atoms with E-state index in [0.29, 0.717) is 6.04 Å². The molecule has 0 aliphatic carbocycles. The first-order valence-electron chi connectivity index (χ1n) is 7.52. The van der Waals surface area contributed by atoms with Crippen LogP contribution < -0.4 is 10.2 Å². The minimum Gasteiger partial charge on any atom is -0.364 e. The van der Waals surface area contributed by atoms with Crippen LogP contribution in [-0.2, 0) is 13.0 Å². The van der Waals surface area contributed by atoms with Crippen molar-refractivity contribution in [1.82, 2.24) is 5.32 Å². The molecule has 0 spiro atoms. The largest absolute Gasteiger partial charge is 0.364 e. The van der Waals surface area contributed by atoms with Gasteiger partial charge in [0.2, 0.25) is 0 Å². The summed E-state index contributed by atoms with van der Waals surface area (Å²) in [6.07, 6.45) is 1.16. The van der Waals surface area contributed by atoms with Gasteiger partial charge in [0.1, 0.15) is 0 Å². The minimum atomic E-state index is 0.464. The molecule has 3 rings (SSSR count). The summed E-state index contributed by atoms with van der Waals surface area (Å²) < 4.78 is 1.20. The second kappa shape index (κ2) is 6.51.